The molecule has 3 aromatic rings. The molecule has 0 saturated carbocycles. The average Bonchev–Trinajstić information content (AvgIpc) is 3.05. The third-order valence-electron chi connectivity index (χ3n) is 4.82. The van der Waals surface area contributed by atoms with Gasteiger partial charge in [0, 0.05) is 0 Å². The summed E-state index contributed by atoms with van der Waals surface area (Å²) in [6.45, 7) is 0.360. The number of hydrogen-bond donors (Lipinski definition) is 0. The van der Waals surface area contributed by atoms with Gasteiger partial charge in [-0.3, -0.25) is 14.5 Å². The summed E-state index contributed by atoms with van der Waals surface area (Å²) in [6.07, 6.45) is 6.88. The van der Waals surface area contributed by atoms with E-state index >= 15 is 0 Å². The van der Waals surface area contributed by atoms with Gasteiger partial charge < -0.3 is 9.47 Å². The molecule has 1 aliphatic rings. The number of carbonyl (C=O) groups is 2. The van der Waals surface area contributed by atoms with Gasteiger partial charge in [0.05, 0.1) is 18.6 Å². The lowest BCUT2D eigenvalue weighted by Crippen LogP contribution is -2.28. The van der Waals surface area contributed by atoms with Crippen molar-refractivity contribution in [2.45, 2.75) is 6.61 Å². The van der Waals surface area contributed by atoms with Crippen LogP contribution >= 0.6 is 11.8 Å². The number of imide groups is 1. The Morgan fingerprint density at radius 1 is 1.03 bits per heavy atom. The number of carbonyl (C=O) groups excluding carboxylic acids is 2. The second-order valence-corrected chi connectivity index (χ2v) is 7.85. The lowest BCUT2D eigenvalue weighted by Gasteiger charge is -2.12. The van der Waals surface area contributed by atoms with Crippen molar-refractivity contribution in [1.82, 2.24) is 4.90 Å². The van der Waals surface area contributed by atoms with E-state index in [0.29, 0.717) is 23.0 Å². The van der Waals surface area contributed by atoms with Gasteiger partial charge in [0.2, 0.25) is 0 Å². The molecule has 0 aliphatic carbocycles. The van der Waals surface area contributed by atoms with Crippen LogP contribution in [0.2, 0.25) is 0 Å². The highest BCUT2D eigenvalue weighted by Crippen LogP contribution is 2.34. The number of rotatable bonds is 6. The van der Waals surface area contributed by atoms with Crippen LogP contribution in [0, 0.1) is 12.3 Å². The van der Waals surface area contributed by atoms with Crippen LogP contribution in [-0.2, 0) is 11.4 Å². The first-order chi connectivity index (χ1) is 15.1. The van der Waals surface area contributed by atoms with E-state index in [0.717, 1.165) is 33.2 Å². The van der Waals surface area contributed by atoms with Crippen molar-refractivity contribution >= 4 is 39.8 Å². The summed E-state index contributed by atoms with van der Waals surface area (Å²) < 4.78 is 11.4. The number of amides is 2. The summed E-state index contributed by atoms with van der Waals surface area (Å²) in [6, 6.07) is 19.7. The van der Waals surface area contributed by atoms with Crippen LogP contribution in [-0.4, -0.2) is 29.7 Å². The lowest BCUT2D eigenvalue weighted by molar-refractivity contribution is -0.122. The first kappa shape index (κ1) is 20.6. The van der Waals surface area contributed by atoms with Gasteiger partial charge >= 0.3 is 0 Å². The highest BCUT2D eigenvalue weighted by atomic mass is 32.2. The molecule has 3 aromatic carbocycles. The third-order valence-corrected chi connectivity index (χ3v) is 5.72. The summed E-state index contributed by atoms with van der Waals surface area (Å²) in [7, 11) is 1.56. The molecule has 1 fully saturated rings. The zero-order valence-corrected chi connectivity index (χ0v) is 17.6. The number of benzene rings is 3. The zero-order chi connectivity index (χ0) is 21.8. The number of terminal acetylenes is 1. The fourth-order valence-corrected chi connectivity index (χ4v) is 4.10. The van der Waals surface area contributed by atoms with Gasteiger partial charge in [0.15, 0.2) is 11.5 Å². The minimum atomic E-state index is -0.386. The maximum absolute atomic E-state index is 12.3. The highest BCUT2D eigenvalue weighted by Gasteiger charge is 2.34. The summed E-state index contributed by atoms with van der Waals surface area (Å²) in [5.41, 5.74) is 1.77. The maximum Gasteiger partial charge on any atom is 0.294 e. The standard InChI is InChI=1S/C25H19NO4S/c1-3-12-26-24(27)23(31-25(26)28)15-17-9-11-21(22(14-17)29-2)30-16-18-8-10-19-6-4-5-7-20(19)13-18/h1,4-11,13-15H,12,16H2,2H3. The van der Waals surface area contributed by atoms with Crippen molar-refractivity contribution in [3.8, 4) is 23.8 Å². The van der Waals surface area contributed by atoms with E-state index in [1.54, 1.807) is 25.3 Å². The molecule has 1 saturated heterocycles. The number of hydrogen-bond acceptors (Lipinski definition) is 5. The Kier molecular flexibility index (Phi) is 5.96. The van der Waals surface area contributed by atoms with E-state index < -0.39 is 0 Å². The number of fused-ring (bicyclic) bond motifs is 1. The Labute approximate surface area is 184 Å². The molecule has 0 radical (unpaired) electrons. The monoisotopic (exact) mass is 429 g/mol. The van der Waals surface area contributed by atoms with Crippen LogP contribution in [0.3, 0.4) is 0 Å². The van der Waals surface area contributed by atoms with Crippen LogP contribution in [0.15, 0.2) is 65.6 Å². The van der Waals surface area contributed by atoms with E-state index in [9.17, 15) is 9.59 Å². The largest absolute Gasteiger partial charge is 0.493 e. The highest BCUT2D eigenvalue weighted by molar-refractivity contribution is 8.18. The van der Waals surface area contributed by atoms with E-state index in [2.05, 4.69) is 30.2 Å². The predicted octanol–water partition coefficient (Wildman–Crippen LogP) is 5.10. The van der Waals surface area contributed by atoms with Gasteiger partial charge in [0.1, 0.15) is 6.61 Å². The van der Waals surface area contributed by atoms with Gasteiger partial charge in [-0.2, -0.15) is 0 Å². The molecule has 1 aliphatic heterocycles. The van der Waals surface area contributed by atoms with Gasteiger partial charge in [0.25, 0.3) is 11.1 Å². The van der Waals surface area contributed by atoms with E-state index in [1.165, 1.54) is 5.39 Å². The van der Waals surface area contributed by atoms with Crippen LogP contribution in [0.5, 0.6) is 11.5 Å². The van der Waals surface area contributed by atoms with Gasteiger partial charge in [-0.25, -0.2) is 0 Å². The number of thioether (sulfide) groups is 1. The summed E-state index contributed by atoms with van der Waals surface area (Å²) in [5.74, 6) is 3.07. The molecule has 154 valence electrons. The van der Waals surface area contributed by atoms with Crippen LogP contribution in [0.4, 0.5) is 4.79 Å². The molecule has 31 heavy (non-hydrogen) atoms. The molecule has 6 heteroatoms. The Balaban J connectivity index is 1.51. The Hall–Kier alpha value is -3.69. The second kappa shape index (κ2) is 8.99. The summed E-state index contributed by atoms with van der Waals surface area (Å²) in [5, 5.41) is 1.97. The average molecular weight is 429 g/mol. The Morgan fingerprint density at radius 2 is 1.84 bits per heavy atom. The molecule has 5 nitrogen and oxygen atoms in total. The molecule has 4 rings (SSSR count). The summed E-state index contributed by atoms with van der Waals surface area (Å²) >= 11 is 0.874. The minimum absolute atomic E-state index is 0.0348. The molecular formula is C25H19NO4S. The van der Waals surface area contributed by atoms with Crippen molar-refractivity contribution in [2.24, 2.45) is 0 Å². The van der Waals surface area contributed by atoms with Gasteiger partial charge in [-0.1, -0.05) is 48.4 Å². The first-order valence-electron chi connectivity index (χ1n) is 9.56. The predicted molar refractivity (Wildman–Crippen MR) is 123 cm³/mol. The first-order valence-corrected chi connectivity index (χ1v) is 10.4. The Bertz CT molecular complexity index is 1240. The van der Waals surface area contributed by atoms with Gasteiger partial charge in [-0.15, -0.1) is 6.42 Å². The third kappa shape index (κ3) is 4.42. The topological polar surface area (TPSA) is 55.8 Å². The second-order valence-electron chi connectivity index (χ2n) is 6.85. The normalized spacial score (nSPS) is 14.8. The molecule has 0 bridgehead atoms. The number of nitrogens with zero attached hydrogens (tertiary/aromatic N) is 1. The van der Waals surface area contributed by atoms with E-state index in [-0.39, 0.29) is 17.7 Å². The molecule has 0 N–H and O–H groups in total. The van der Waals surface area contributed by atoms with Crippen molar-refractivity contribution in [3.05, 3.63) is 76.7 Å². The lowest BCUT2D eigenvalue weighted by atomic mass is 10.1. The summed E-state index contributed by atoms with van der Waals surface area (Å²) in [4.78, 5) is 25.7. The quantitative estimate of drug-likeness (QED) is 0.403. The molecule has 0 aromatic heterocycles. The van der Waals surface area contributed by atoms with Crippen LogP contribution in [0.25, 0.3) is 16.8 Å². The van der Waals surface area contributed by atoms with E-state index in [4.69, 9.17) is 15.9 Å². The molecular weight excluding hydrogens is 410 g/mol. The SMILES string of the molecule is C#CCN1C(=O)SC(=Cc2ccc(OCc3ccc4ccccc4c3)c(OC)c2)C1=O. The fraction of sp³-hybridized carbons (Fsp3) is 0.120. The van der Waals surface area contributed by atoms with Crippen molar-refractivity contribution in [3.63, 3.8) is 0 Å². The maximum atomic E-state index is 12.3. The van der Waals surface area contributed by atoms with Crippen molar-refractivity contribution < 1.29 is 19.1 Å². The number of ether oxygens (including phenoxy) is 2. The van der Waals surface area contributed by atoms with Crippen LogP contribution < -0.4 is 9.47 Å². The van der Waals surface area contributed by atoms with Crippen LogP contribution in [0.1, 0.15) is 11.1 Å². The van der Waals surface area contributed by atoms with Crippen molar-refractivity contribution in [2.75, 3.05) is 13.7 Å². The van der Waals surface area contributed by atoms with E-state index in [1.807, 2.05) is 24.3 Å². The molecule has 2 amide bonds. The minimum Gasteiger partial charge on any atom is -0.493 e. The fourth-order valence-electron chi connectivity index (χ4n) is 3.26. The smallest absolute Gasteiger partial charge is 0.294 e. The number of methoxy groups -OCH3 is 1. The zero-order valence-electron chi connectivity index (χ0n) is 16.8. The molecule has 1 heterocycles. The molecule has 0 atom stereocenters. The molecule has 0 unspecified atom stereocenters. The van der Waals surface area contributed by atoms with Crippen molar-refractivity contribution in [1.29, 1.82) is 0 Å². The van der Waals surface area contributed by atoms with Gasteiger partial charge in [-0.05, 0) is 57.9 Å². The molecule has 0 spiro atoms. The Morgan fingerprint density at radius 3 is 2.61 bits per heavy atom.